The molecule has 2 aromatic carbocycles. The molecule has 3 N–H and O–H groups in total. The Balaban J connectivity index is 1.48. The number of Topliss-reactive ketones (excluding diaryl/α,β-unsaturated/α-hetero) is 1. The van der Waals surface area contributed by atoms with Crippen LogP contribution < -0.4 is 11.1 Å². The topological polar surface area (TPSA) is 86.3 Å². The molecule has 0 unspecified atom stereocenters. The average molecular weight is 504 g/mol. The lowest BCUT2D eigenvalue weighted by Crippen LogP contribution is -2.32. The summed E-state index contributed by atoms with van der Waals surface area (Å²) in [6.45, 7) is 6.53. The van der Waals surface area contributed by atoms with E-state index in [2.05, 4.69) is 19.2 Å². The third-order valence-electron chi connectivity index (χ3n) is 7.56. The fourth-order valence-corrected chi connectivity index (χ4v) is 5.87. The van der Waals surface area contributed by atoms with Gasteiger partial charge < -0.3 is 20.4 Å². The smallest absolute Gasteiger partial charge is 0.253 e. The Kier molecular flexibility index (Phi) is 6.67. The Hall–Kier alpha value is -3.45. The molecule has 2 aliphatic rings. The molecule has 3 aromatic rings. The summed E-state index contributed by atoms with van der Waals surface area (Å²) in [5.74, 6) is -1.40. The highest BCUT2D eigenvalue weighted by Gasteiger charge is 2.35. The first-order valence-corrected chi connectivity index (χ1v) is 12.9. The van der Waals surface area contributed by atoms with E-state index in [9.17, 15) is 9.59 Å². The Morgan fingerprint density at radius 2 is 1.95 bits per heavy atom. The number of anilines is 1. The van der Waals surface area contributed by atoms with Crippen LogP contribution in [0.25, 0.3) is 5.69 Å². The quantitative estimate of drug-likeness (QED) is 0.431. The predicted molar refractivity (Wildman–Crippen MR) is 142 cm³/mol. The molecular formula is C30H34FN3O3. The molecule has 2 atom stereocenters. The number of ketones is 1. The summed E-state index contributed by atoms with van der Waals surface area (Å²) in [6.07, 6.45) is 5.67. The Morgan fingerprint density at radius 1 is 1.19 bits per heavy atom. The standard InChI is InChI=1S/C30H34FN3O3/c1-18-16-34(24-14-30(2,3)15-25(35)27(18)24)20-12-21(31)28(29(32)36)23(13-20)33-22-10-7-11-26(22)37-17-19-8-5-4-6-9-19/h4-6,8-9,12-13,16,22,26,33H,7,10-11,14-15,17H2,1-3H3,(H2,32,36)/t22-,26-/m0/s1. The zero-order valence-corrected chi connectivity index (χ0v) is 21.6. The molecule has 0 saturated heterocycles. The number of nitrogens with two attached hydrogens (primary N) is 1. The number of hydrogen-bond acceptors (Lipinski definition) is 4. The molecule has 1 amide bonds. The van der Waals surface area contributed by atoms with Gasteiger partial charge in [0.1, 0.15) is 5.82 Å². The minimum Gasteiger partial charge on any atom is -0.379 e. The van der Waals surface area contributed by atoms with Crippen molar-refractivity contribution >= 4 is 17.4 Å². The molecule has 1 aromatic heterocycles. The Bertz CT molecular complexity index is 1350. The molecule has 2 aliphatic carbocycles. The lowest BCUT2D eigenvalue weighted by atomic mass is 9.75. The number of nitrogens with zero attached hydrogens (tertiary/aromatic N) is 1. The molecule has 0 spiro atoms. The molecule has 37 heavy (non-hydrogen) atoms. The van der Waals surface area contributed by atoms with E-state index < -0.39 is 11.7 Å². The van der Waals surface area contributed by atoms with Crippen molar-refractivity contribution in [3.05, 3.63) is 82.4 Å². The lowest BCUT2D eigenvalue weighted by molar-refractivity contribution is 0.0394. The summed E-state index contributed by atoms with van der Waals surface area (Å²) in [5.41, 5.74) is 9.73. The predicted octanol–water partition coefficient (Wildman–Crippen LogP) is 5.73. The van der Waals surface area contributed by atoms with E-state index in [1.807, 2.05) is 48.0 Å². The van der Waals surface area contributed by atoms with E-state index in [1.54, 1.807) is 6.07 Å². The summed E-state index contributed by atoms with van der Waals surface area (Å²) < 4.78 is 23.5. The SMILES string of the molecule is Cc1cn(-c2cc(F)c(C(N)=O)c(N[C@H]3CCC[C@@H]3OCc3ccccc3)c2)c2c1C(=O)CC(C)(C)C2. The van der Waals surface area contributed by atoms with Crippen molar-refractivity contribution in [1.29, 1.82) is 0 Å². The third-order valence-corrected chi connectivity index (χ3v) is 7.56. The lowest BCUT2D eigenvalue weighted by Gasteiger charge is -2.30. The number of nitrogens with one attached hydrogen (secondary N) is 1. The van der Waals surface area contributed by atoms with Crippen LogP contribution in [0.15, 0.2) is 48.7 Å². The van der Waals surface area contributed by atoms with E-state index in [0.29, 0.717) is 30.8 Å². The van der Waals surface area contributed by atoms with Crippen LogP contribution in [0, 0.1) is 18.2 Å². The number of amides is 1. The molecule has 194 valence electrons. The van der Waals surface area contributed by atoms with Gasteiger partial charge in [-0.3, -0.25) is 9.59 Å². The van der Waals surface area contributed by atoms with Gasteiger partial charge in [0.05, 0.1) is 35.7 Å². The number of rotatable bonds is 7. The van der Waals surface area contributed by atoms with Gasteiger partial charge in [-0.05, 0) is 61.3 Å². The normalized spacial score (nSPS) is 20.6. The second-order valence-electron chi connectivity index (χ2n) is 11.2. The van der Waals surface area contributed by atoms with Gasteiger partial charge >= 0.3 is 0 Å². The second-order valence-corrected chi connectivity index (χ2v) is 11.2. The van der Waals surface area contributed by atoms with Crippen LogP contribution in [0.5, 0.6) is 0 Å². The van der Waals surface area contributed by atoms with E-state index in [0.717, 1.165) is 41.6 Å². The number of carbonyl (C=O) groups is 2. The van der Waals surface area contributed by atoms with Gasteiger partial charge in [-0.25, -0.2) is 4.39 Å². The fraction of sp³-hybridized carbons (Fsp3) is 0.400. The van der Waals surface area contributed by atoms with Gasteiger partial charge in [0.2, 0.25) is 0 Å². The minimum absolute atomic E-state index is 0.0762. The van der Waals surface area contributed by atoms with Crippen LogP contribution >= 0.6 is 0 Å². The van der Waals surface area contributed by atoms with Crippen molar-refractivity contribution in [1.82, 2.24) is 4.57 Å². The Labute approximate surface area is 217 Å². The number of halogens is 1. The number of hydrogen-bond donors (Lipinski definition) is 2. The van der Waals surface area contributed by atoms with E-state index >= 15 is 4.39 Å². The molecule has 6 nitrogen and oxygen atoms in total. The maximum absolute atomic E-state index is 15.4. The number of ether oxygens (including phenoxy) is 1. The number of fused-ring (bicyclic) bond motifs is 1. The van der Waals surface area contributed by atoms with Crippen LogP contribution in [0.3, 0.4) is 0 Å². The highest BCUT2D eigenvalue weighted by atomic mass is 19.1. The number of carbonyl (C=O) groups excluding carboxylic acids is 2. The molecule has 7 heteroatoms. The van der Waals surface area contributed by atoms with Crippen LogP contribution in [0.4, 0.5) is 10.1 Å². The second kappa shape index (κ2) is 9.78. The summed E-state index contributed by atoms with van der Waals surface area (Å²) in [4.78, 5) is 25.2. The maximum Gasteiger partial charge on any atom is 0.253 e. The van der Waals surface area contributed by atoms with Gasteiger partial charge in [-0.1, -0.05) is 44.2 Å². The molecular weight excluding hydrogens is 469 g/mol. The van der Waals surface area contributed by atoms with Gasteiger partial charge in [-0.15, -0.1) is 0 Å². The molecule has 5 rings (SSSR count). The van der Waals surface area contributed by atoms with Crippen molar-refractivity contribution in [3.8, 4) is 5.69 Å². The third kappa shape index (κ3) is 5.05. The van der Waals surface area contributed by atoms with Crippen LogP contribution in [-0.2, 0) is 17.8 Å². The summed E-state index contributed by atoms with van der Waals surface area (Å²) >= 11 is 0. The maximum atomic E-state index is 15.4. The zero-order chi connectivity index (χ0) is 26.3. The van der Waals surface area contributed by atoms with E-state index in [1.165, 1.54) is 6.07 Å². The first-order chi connectivity index (χ1) is 17.6. The highest BCUT2D eigenvalue weighted by Crippen LogP contribution is 2.39. The van der Waals surface area contributed by atoms with Gasteiger partial charge in [0, 0.05) is 23.9 Å². The van der Waals surface area contributed by atoms with Crippen LogP contribution in [0.1, 0.15) is 77.1 Å². The number of benzene rings is 2. The molecule has 1 heterocycles. The van der Waals surface area contributed by atoms with Crippen molar-refractivity contribution in [2.75, 3.05) is 5.32 Å². The van der Waals surface area contributed by atoms with Crippen molar-refractivity contribution in [3.63, 3.8) is 0 Å². The molecule has 0 aliphatic heterocycles. The first kappa shape index (κ1) is 25.2. The molecule has 1 fully saturated rings. The van der Waals surface area contributed by atoms with Gasteiger partial charge in [0.25, 0.3) is 5.91 Å². The number of primary amides is 1. The fourth-order valence-electron chi connectivity index (χ4n) is 5.87. The monoisotopic (exact) mass is 503 g/mol. The summed E-state index contributed by atoms with van der Waals surface area (Å²) in [5, 5.41) is 3.39. The van der Waals surface area contributed by atoms with Gasteiger partial charge in [-0.2, -0.15) is 0 Å². The van der Waals surface area contributed by atoms with Crippen molar-refractivity contribution < 1.29 is 18.7 Å². The van der Waals surface area contributed by atoms with E-state index in [-0.39, 0.29) is 28.9 Å². The average Bonchev–Trinajstić information content (AvgIpc) is 3.40. The molecule has 0 bridgehead atoms. The number of aryl methyl sites for hydroxylation is 1. The Morgan fingerprint density at radius 3 is 2.68 bits per heavy atom. The summed E-state index contributed by atoms with van der Waals surface area (Å²) in [7, 11) is 0. The van der Waals surface area contributed by atoms with Crippen LogP contribution in [-0.4, -0.2) is 28.4 Å². The van der Waals surface area contributed by atoms with E-state index in [4.69, 9.17) is 10.5 Å². The largest absolute Gasteiger partial charge is 0.379 e. The van der Waals surface area contributed by atoms with Crippen molar-refractivity contribution in [2.45, 2.75) is 71.6 Å². The highest BCUT2D eigenvalue weighted by molar-refractivity contribution is 6.01. The summed E-state index contributed by atoms with van der Waals surface area (Å²) in [6, 6.07) is 13.0. The zero-order valence-electron chi connectivity index (χ0n) is 21.6. The number of aromatic nitrogens is 1. The van der Waals surface area contributed by atoms with Crippen molar-refractivity contribution in [2.24, 2.45) is 11.1 Å². The van der Waals surface area contributed by atoms with Crippen LogP contribution in [0.2, 0.25) is 0 Å². The minimum atomic E-state index is -0.826. The first-order valence-electron chi connectivity index (χ1n) is 12.9. The van der Waals surface area contributed by atoms with Gasteiger partial charge in [0.15, 0.2) is 5.78 Å². The molecule has 1 saturated carbocycles. The molecule has 0 radical (unpaired) electrons.